The van der Waals surface area contributed by atoms with Gasteiger partial charge in [0, 0.05) is 26.3 Å². The second-order valence-corrected chi connectivity index (χ2v) is 5.59. The van der Waals surface area contributed by atoms with Crippen molar-refractivity contribution in [2.45, 2.75) is 19.3 Å². The largest absolute Gasteiger partial charge is 0.513 e. The Bertz CT molecular complexity index is 704. The lowest BCUT2D eigenvalue weighted by atomic mass is 10.1. The Morgan fingerprint density at radius 1 is 1.30 bits per heavy atom. The van der Waals surface area contributed by atoms with Gasteiger partial charge in [0.1, 0.15) is 17.8 Å². The molecule has 4 N–H and O–H groups in total. The summed E-state index contributed by atoms with van der Waals surface area (Å²) < 4.78 is 1.69. The molecule has 0 unspecified atom stereocenters. The van der Waals surface area contributed by atoms with Crippen molar-refractivity contribution < 1.29 is 5.11 Å². The van der Waals surface area contributed by atoms with Gasteiger partial charge in [-0.15, -0.1) is 0 Å². The molecule has 23 heavy (non-hydrogen) atoms. The highest BCUT2D eigenvalue weighted by Gasteiger charge is 2.17. The van der Waals surface area contributed by atoms with Crippen LogP contribution >= 0.6 is 0 Å². The van der Waals surface area contributed by atoms with E-state index in [1.807, 2.05) is 13.2 Å². The molecule has 1 aliphatic heterocycles. The fourth-order valence-electron chi connectivity index (χ4n) is 2.64. The van der Waals surface area contributed by atoms with Crippen LogP contribution in [0.2, 0.25) is 0 Å². The molecule has 122 valence electrons. The highest BCUT2D eigenvalue weighted by Crippen LogP contribution is 2.25. The molecule has 3 rings (SSSR count). The molecule has 1 fully saturated rings. The lowest BCUT2D eigenvalue weighted by molar-refractivity contribution is 0.475. The molecule has 0 atom stereocenters. The van der Waals surface area contributed by atoms with Crippen LogP contribution in [-0.2, 0) is 7.05 Å². The Hall–Kier alpha value is -2.77. The van der Waals surface area contributed by atoms with E-state index in [1.165, 1.54) is 6.42 Å². The van der Waals surface area contributed by atoms with E-state index in [0.29, 0.717) is 11.5 Å². The molecule has 0 amide bonds. The van der Waals surface area contributed by atoms with Gasteiger partial charge in [0.25, 0.3) is 0 Å². The first-order chi connectivity index (χ1) is 11.2. The average molecular weight is 315 g/mol. The zero-order chi connectivity index (χ0) is 16.2. The second-order valence-electron chi connectivity index (χ2n) is 5.59. The van der Waals surface area contributed by atoms with Crippen molar-refractivity contribution in [1.82, 2.24) is 19.7 Å². The minimum atomic E-state index is 0.161. The smallest absolute Gasteiger partial charge is 0.161 e. The Morgan fingerprint density at radius 2 is 2.09 bits per heavy atom. The number of hydrogen-bond acceptors (Lipinski definition) is 7. The first-order valence-electron chi connectivity index (χ1n) is 7.65. The van der Waals surface area contributed by atoms with Gasteiger partial charge >= 0.3 is 0 Å². The number of hydrogen-bond donors (Lipinski definition) is 3. The van der Waals surface area contributed by atoms with Gasteiger partial charge in [-0.2, -0.15) is 5.10 Å². The Labute approximate surface area is 134 Å². The van der Waals surface area contributed by atoms with E-state index in [4.69, 9.17) is 5.73 Å². The number of nitrogens with zero attached hydrogens (tertiary/aromatic N) is 5. The minimum Gasteiger partial charge on any atom is -0.513 e. The Kier molecular flexibility index (Phi) is 4.31. The number of aromatic nitrogens is 4. The molecule has 0 spiro atoms. The van der Waals surface area contributed by atoms with E-state index in [1.54, 1.807) is 17.1 Å². The molecule has 2 aromatic rings. The Balaban J connectivity index is 1.94. The van der Waals surface area contributed by atoms with Gasteiger partial charge in [-0.05, 0) is 19.3 Å². The number of aliphatic hydroxyl groups excluding tert-OH is 1. The Morgan fingerprint density at radius 3 is 2.74 bits per heavy atom. The zero-order valence-corrected chi connectivity index (χ0v) is 13.1. The monoisotopic (exact) mass is 315 g/mol. The van der Waals surface area contributed by atoms with Crippen molar-refractivity contribution in [1.29, 1.82) is 0 Å². The summed E-state index contributed by atoms with van der Waals surface area (Å²) in [5.74, 6) is 1.31. The van der Waals surface area contributed by atoms with Crippen LogP contribution in [0.25, 0.3) is 5.70 Å². The molecule has 0 bridgehead atoms. The quantitative estimate of drug-likeness (QED) is 0.738. The summed E-state index contributed by atoms with van der Waals surface area (Å²) in [6.07, 6.45) is 9.63. The van der Waals surface area contributed by atoms with Crippen molar-refractivity contribution >= 4 is 23.0 Å². The van der Waals surface area contributed by atoms with Crippen molar-refractivity contribution in [2.24, 2.45) is 12.8 Å². The molecule has 1 saturated heterocycles. The van der Waals surface area contributed by atoms with Gasteiger partial charge in [-0.1, -0.05) is 0 Å². The third-order valence-electron chi connectivity index (χ3n) is 3.82. The molecule has 1 aliphatic rings. The summed E-state index contributed by atoms with van der Waals surface area (Å²) in [6.45, 7) is 1.96. The van der Waals surface area contributed by atoms with Crippen LogP contribution in [0.3, 0.4) is 0 Å². The van der Waals surface area contributed by atoms with Crippen LogP contribution in [0.15, 0.2) is 24.9 Å². The molecule has 0 saturated carbocycles. The number of aliphatic hydroxyl groups is 1. The van der Waals surface area contributed by atoms with Gasteiger partial charge in [-0.3, -0.25) is 4.68 Å². The summed E-state index contributed by atoms with van der Waals surface area (Å²) >= 11 is 0. The van der Waals surface area contributed by atoms with E-state index >= 15 is 0 Å². The highest BCUT2D eigenvalue weighted by atomic mass is 16.2. The van der Waals surface area contributed by atoms with E-state index in [9.17, 15) is 5.11 Å². The molecule has 0 radical (unpaired) electrons. The normalized spacial score (nSPS) is 15.7. The lowest BCUT2D eigenvalue weighted by Crippen LogP contribution is -2.30. The van der Waals surface area contributed by atoms with Gasteiger partial charge in [-0.25, -0.2) is 9.97 Å². The van der Waals surface area contributed by atoms with Gasteiger partial charge in [0.15, 0.2) is 5.82 Å². The van der Waals surface area contributed by atoms with Crippen molar-refractivity contribution in [3.8, 4) is 0 Å². The fourth-order valence-corrected chi connectivity index (χ4v) is 2.64. The third kappa shape index (κ3) is 3.36. The van der Waals surface area contributed by atoms with Crippen LogP contribution in [-0.4, -0.2) is 37.9 Å². The lowest BCUT2D eigenvalue weighted by Gasteiger charge is -2.28. The van der Waals surface area contributed by atoms with Crippen LogP contribution in [0.4, 0.5) is 17.3 Å². The second kappa shape index (κ2) is 6.55. The van der Waals surface area contributed by atoms with E-state index < -0.39 is 0 Å². The number of aryl methyl sites for hydroxylation is 1. The van der Waals surface area contributed by atoms with E-state index in [-0.39, 0.29) is 5.70 Å². The van der Waals surface area contributed by atoms with Crippen LogP contribution < -0.4 is 16.0 Å². The summed E-state index contributed by atoms with van der Waals surface area (Å²) in [6, 6.07) is 0. The molecular formula is C15H21N7O. The van der Waals surface area contributed by atoms with Gasteiger partial charge in [0.05, 0.1) is 23.8 Å². The molecular weight excluding hydrogens is 294 g/mol. The van der Waals surface area contributed by atoms with Crippen LogP contribution in [0, 0.1) is 0 Å². The predicted octanol–water partition coefficient (Wildman–Crippen LogP) is 1.76. The number of rotatable bonds is 4. The first kappa shape index (κ1) is 15.1. The number of anilines is 3. The SMILES string of the molecule is Cn1cc(Nc2nc(N3CCCCC3)cnc2C(N)=CO)cn1. The number of piperidine rings is 1. The summed E-state index contributed by atoms with van der Waals surface area (Å²) in [5, 5.41) is 16.5. The summed E-state index contributed by atoms with van der Waals surface area (Å²) in [5.41, 5.74) is 7.17. The van der Waals surface area contributed by atoms with Crippen molar-refractivity contribution in [2.75, 3.05) is 23.3 Å². The maximum absolute atomic E-state index is 9.19. The number of nitrogens with one attached hydrogen (secondary N) is 1. The topological polar surface area (TPSA) is 105 Å². The molecule has 0 aliphatic carbocycles. The van der Waals surface area contributed by atoms with Crippen LogP contribution in [0.5, 0.6) is 0 Å². The van der Waals surface area contributed by atoms with Crippen molar-refractivity contribution in [3.63, 3.8) is 0 Å². The van der Waals surface area contributed by atoms with E-state index in [0.717, 1.165) is 43.7 Å². The molecule has 3 heterocycles. The predicted molar refractivity (Wildman–Crippen MR) is 89.4 cm³/mol. The van der Waals surface area contributed by atoms with E-state index in [2.05, 4.69) is 25.3 Å². The summed E-state index contributed by atoms with van der Waals surface area (Å²) in [4.78, 5) is 11.2. The first-order valence-corrected chi connectivity index (χ1v) is 7.65. The molecule has 2 aromatic heterocycles. The standard InChI is InChI=1S/C15H21N7O/c1-21-9-11(7-18-21)19-15-14(12(16)10-23)17-8-13(20-15)22-5-3-2-4-6-22/h7-10,23H,2-6,16H2,1H3,(H,19,20). The number of nitrogens with two attached hydrogens (primary N) is 1. The fraction of sp³-hybridized carbons (Fsp3) is 0.400. The zero-order valence-electron chi connectivity index (χ0n) is 13.1. The minimum absolute atomic E-state index is 0.161. The maximum Gasteiger partial charge on any atom is 0.161 e. The molecule has 8 heteroatoms. The summed E-state index contributed by atoms with van der Waals surface area (Å²) in [7, 11) is 1.84. The van der Waals surface area contributed by atoms with Gasteiger partial charge < -0.3 is 21.1 Å². The third-order valence-corrected chi connectivity index (χ3v) is 3.82. The molecule has 8 nitrogen and oxygen atoms in total. The molecule has 0 aromatic carbocycles. The van der Waals surface area contributed by atoms with Crippen LogP contribution in [0.1, 0.15) is 25.0 Å². The maximum atomic E-state index is 9.19. The highest BCUT2D eigenvalue weighted by molar-refractivity contribution is 5.72. The van der Waals surface area contributed by atoms with Gasteiger partial charge in [0.2, 0.25) is 0 Å². The average Bonchev–Trinajstić information content (AvgIpc) is 3.00. The van der Waals surface area contributed by atoms with Crippen molar-refractivity contribution in [3.05, 3.63) is 30.5 Å².